The van der Waals surface area contributed by atoms with Gasteiger partial charge >= 0.3 is 12.0 Å². The summed E-state index contributed by atoms with van der Waals surface area (Å²) in [5.74, 6) is -0.400. The molecule has 0 bridgehead atoms. The molecule has 0 saturated heterocycles. The summed E-state index contributed by atoms with van der Waals surface area (Å²) < 4.78 is 5.17. The van der Waals surface area contributed by atoms with Gasteiger partial charge in [-0.3, -0.25) is 4.90 Å². The van der Waals surface area contributed by atoms with Crippen LogP contribution in [0.4, 0.5) is 4.79 Å². The second-order valence-corrected chi connectivity index (χ2v) is 6.34. The van der Waals surface area contributed by atoms with Crippen molar-refractivity contribution in [3.05, 3.63) is 46.1 Å². The van der Waals surface area contributed by atoms with Crippen molar-refractivity contribution in [2.24, 2.45) is 0 Å². The number of hydrogen-bond donors (Lipinski definition) is 2. The number of rotatable bonds is 7. The second-order valence-electron chi connectivity index (χ2n) is 5.94. The molecule has 1 aliphatic heterocycles. The van der Waals surface area contributed by atoms with Crippen molar-refractivity contribution < 1.29 is 14.3 Å². The maximum Gasteiger partial charge on any atom is 0.337 e. The Morgan fingerprint density at radius 3 is 2.64 bits per heavy atom. The average molecular weight is 366 g/mol. The minimum atomic E-state index is -0.400. The van der Waals surface area contributed by atoms with E-state index in [1.54, 1.807) is 6.92 Å². The van der Waals surface area contributed by atoms with Gasteiger partial charge in [0.2, 0.25) is 0 Å². The zero-order valence-electron chi connectivity index (χ0n) is 14.8. The minimum absolute atomic E-state index is 0.287. The van der Waals surface area contributed by atoms with Crippen LogP contribution in [-0.2, 0) is 16.1 Å². The molecule has 1 aromatic rings. The number of likely N-dealkylation sites (N-methyl/N-ethyl adjacent to an activating group) is 1. The summed E-state index contributed by atoms with van der Waals surface area (Å²) >= 11 is 6.21. The average Bonchev–Trinajstić information content (AvgIpc) is 2.56. The molecule has 0 aromatic heterocycles. The second kappa shape index (κ2) is 8.87. The van der Waals surface area contributed by atoms with Crippen LogP contribution in [0.15, 0.2) is 35.5 Å². The summed E-state index contributed by atoms with van der Waals surface area (Å²) in [6.45, 7) is 4.97. The maximum atomic E-state index is 12.4. The highest BCUT2D eigenvalue weighted by Crippen LogP contribution is 2.20. The minimum Gasteiger partial charge on any atom is -0.463 e. The van der Waals surface area contributed by atoms with Crippen LogP contribution in [0.25, 0.3) is 0 Å². The highest BCUT2D eigenvalue weighted by atomic mass is 35.5. The Balaban J connectivity index is 2.23. The van der Waals surface area contributed by atoms with Crippen molar-refractivity contribution in [2.45, 2.75) is 32.9 Å². The van der Waals surface area contributed by atoms with Crippen molar-refractivity contribution in [3.63, 3.8) is 0 Å². The van der Waals surface area contributed by atoms with Gasteiger partial charge in [-0.2, -0.15) is 0 Å². The highest BCUT2D eigenvalue weighted by molar-refractivity contribution is 6.31. The normalized spacial score (nSPS) is 17.3. The van der Waals surface area contributed by atoms with Crippen LogP contribution in [0.3, 0.4) is 0 Å². The molecule has 1 aromatic carbocycles. The van der Waals surface area contributed by atoms with Crippen LogP contribution in [0.2, 0.25) is 5.02 Å². The van der Waals surface area contributed by atoms with E-state index in [4.69, 9.17) is 16.3 Å². The standard InChI is InChI=1S/C18H24ClN3O3/c1-4-14-16(17(23)25-5-2)15(21-18(24)20-14)11-22(3)10-12-8-6-7-9-13(12)19/h6-9,14H,4-5,10-11H2,1-3H3,(H2,20,21,24). The predicted molar refractivity (Wildman–Crippen MR) is 97.2 cm³/mol. The largest absolute Gasteiger partial charge is 0.463 e. The predicted octanol–water partition coefficient (Wildman–Crippen LogP) is 2.68. The Bertz CT molecular complexity index is 675. The van der Waals surface area contributed by atoms with E-state index in [0.29, 0.717) is 35.8 Å². The number of amides is 2. The lowest BCUT2D eigenvalue weighted by Crippen LogP contribution is -2.51. The van der Waals surface area contributed by atoms with Crippen molar-refractivity contribution in [1.29, 1.82) is 0 Å². The zero-order valence-corrected chi connectivity index (χ0v) is 15.5. The van der Waals surface area contributed by atoms with Crippen LogP contribution in [-0.4, -0.2) is 43.1 Å². The molecule has 7 heteroatoms. The number of nitrogens with zero attached hydrogens (tertiary/aromatic N) is 1. The van der Waals surface area contributed by atoms with E-state index < -0.39 is 5.97 Å². The van der Waals surface area contributed by atoms with Gasteiger partial charge in [-0.15, -0.1) is 0 Å². The quantitative estimate of drug-likeness (QED) is 0.729. The van der Waals surface area contributed by atoms with E-state index >= 15 is 0 Å². The van der Waals surface area contributed by atoms with Gasteiger partial charge in [-0.25, -0.2) is 9.59 Å². The summed E-state index contributed by atoms with van der Waals surface area (Å²) in [5.41, 5.74) is 2.04. The lowest BCUT2D eigenvalue weighted by molar-refractivity contribution is -0.139. The number of carbonyl (C=O) groups is 2. The molecule has 0 radical (unpaired) electrons. The van der Waals surface area contributed by atoms with E-state index in [2.05, 4.69) is 10.6 Å². The van der Waals surface area contributed by atoms with E-state index in [-0.39, 0.29) is 18.7 Å². The van der Waals surface area contributed by atoms with Crippen LogP contribution in [0.5, 0.6) is 0 Å². The van der Waals surface area contributed by atoms with E-state index in [1.165, 1.54) is 0 Å². The molecular formula is C18H24ClN3O3. The molecule has 1 atom stereocenters. The summed E-state index contributed by atoms with van der Waals surface area (Å²) in [6.07, 6.45) is 0.610. The molecule has 0 spiro atoms. The van der Waals surface area contributed by atoms with E-state index in [0.717, 1.165) is 5.56 Å². The number of carbonyl (C=O) groups excluding carboxylic acids is 2. The molecule has 2 rings (SSSR count). The van der Waals surface area contributed by atoms with Gasteiger partial charge in [0, 0.05) is 23.8 Å². The van der Waals surface area contributed by atoms with Crippen molar-refractivity contribution in [2.75, 3.05) is 20.2 Å². The third-order valence-corrected chi connectivity index (χ3v) is 4.34. The van der Waals surface area contributed by atoms with E-state index in [9.17, 15) is 9.59 Å². The first-order valence-electron chi connectivity index (χ1n) is 8.35. The molecule has 25 heavy (non-hydrogen) atoms. The van der Waals surface area contributed by atoms with Gasteiger partial charge in [-0.05, 0) is 32.0 Å². The number of hydrogen-bond acceptors (Lipinski definition) is 4. The summed E-state index contributed by atoms with van der Waals surface area (Å²) in [7, 11) is 1.91. The maximum absolute atomic E-state index is 12.4. The van der Waals surface area contributed by atoms with Crippen LogP contribution in [0.1, 0.15) is 25.8 Å². The van der Waals surface area contributed by atoms with Crippen LogP contribution < -0.4 is 10.6 Å². The molecule has 0 saturated carbocycles. The van der Waals surface area contributed by atoms with Gasteiger partial charge in [0.15, 0.2) is 0 Å². The molecule has 0 aliphatic carbocycles. The van der Waals surface area contributed by atoms with Crippen molar-refractivity contribution in [1.82, 2.24) is 15.5 Å². The topological polar surface area (TPSA) is 70.7 Å². The fraction of sp³-hybridized carbons (Fsp3) is 0.444. The molecule has 2 amide bonds. The number of halogens is 1. The first kappa shape index (κ1) is 19.3. The van der Waals surface area contributed by atoms with Gasteiger partial charge in [0.1, 0.15) is 0 Å². The fourth-order valence-corrected chi connectivity index (χ4v) is 3.03. The Hall–Kier alpha value is -2.05. The zero-order chi connectivity index (χ0) is 18.4. The SMILES string of the molecule is CCOC(=O)C1=C(CN(C)Cc2ccccc2Cl)NC(=O)NC1CC. The summed E-state index contributed by atoms with van der Waals surface area (Å²) in [5, 5.41) is 6.21. The molecule has 136 valence electrons. The first-order chi connectivity index (χ1) is 12.0. The van der Waals surface area contributed by atoms with Crippen molar-refractivity contribution in [3.8, 4) is 0 Å². The lowest BCUT2D eigenvalue weighted by atomic mass is 10.00. The molecule has 6 nitrogen and oxygen atoms in total. The Kier molecular flexibility index (Phi) is 6.84. The molecule has 2 N–H and O–H groups in total. The number of nitrogens with one attached hydrogen (secondary N) is 2. The third-order valence-electron chi connectivity index (χ3n) is 3.97. The molecule has 1 aliphatic rings. The third kappa shape index (κ3) is 4.96. The van der Waals surface area contributed by atoms with Gasteiger partial charge < -0.3 is 15.4 Å². The van der Waals surface area contributed by atoms with Gasteiger partial charge in [0.05, 0.1) is 18.2 Å². The van der Waals surface area contributed by atoms with Crippen LogP contribution in [0, 0.1) is 0 Å². The Morgan fingerprint density at radius 1 is 1.28 bits per heavy atom. The summed E-state index contributed by atoms with van der Waals surface area (Å²) in [4.78, 5) is 26.3. The lowest BCUT2D eigenvalue weighted by Gasteiger charge is -2.30. The van der Waals surface area contributed by atoms with E-state index in [1.807, 2.05) is 43.1 Å². The van der Waals surface area contributed by atoms with Crippen molar-refractivity contribution >= 4 is 23.6 Å². The first-order valence-corrected chi connectivity index (χ1v) is 8.73. The number of ether oxygens (including phenoxy) is 1. The number of esters is 1. The highest BCUT2D eigenvalue weighted by Gasteiger charge is 2.31. The number of urea groups is 1. The van der Waals surface area contributed by atoms with Gasteiger partial charge in [-0.1, -0.05) is 36.7 Å². The Labute approximate surface area is 153 Å². The molecular weight excluding hydrogens is 342 g/mol. The van der Waals surface area contributed by atoms with Gasteiger partial charge in [0.25, 0.3) is 0 Å². The fourth-order valence-electron chi connectivity index (χ4n) is 2.83. The number of benzene rings is 1. The Morgan fingerprint density at radius 2 is 2.00 bits per heavy atom. The molecule has 1 heterocycles. The summed E-state index contributed by atoms with van der Waals surface area (Å²) in [6, 6.07) is 6.95. The monoisotopic (exact) mass is 365 g/mol. The smallest absolute Gasteiger partial charge is 0.337 e. The molecule has 0 fully saturated rings. The van der Waals surface area contributed by atoms with Crippen LogP contribution >= 0.6 is 11.6 Å². The molecule has 1 unspecified atom stereocenters.